The standard InChI is InChI=1S/C23H21F2N3O5S2/c1-4-10-27(11-5-2)35(31,32)17-8-6-15(7-9-17)22(30)26-23-28(14-20(29)33-3)21-18(25)12-16(24)13-19(21)34-23/h4-9,12-13H,1-2,10-11,14H2,3H3. The molecule has 0 radical (unpaired) electrons. The Morgan fingerprint density at radius 1 is 1.14 bits per heavy atom. The van der Waals surface area contributed by atoms with Gasteiger partial charge in [-0.05, 0) is 30.3 Å². The zero-order valence-corrected chi connectivity index (χ0v) is 20.2. The average molecular weight is 522 g/mol. The third-order valence-electron chi connectivity index (χ3n) is 4.81. The fourth-order valence-electron chi connectivity index (χ4n) is 3.18. The zero-order chi connectivity index (χ0) is 25.8. The number of carbonyl (C=O) groups excluding carboxylic acids is 2. The summed E-state index contributed by atoms with van der Waals surface area (Å²) in [6.07, 6.45) is 2.89. The number of carbonyl (C=O) groups is 2. The molecule has 0 aliphatic rings. The van der Waals surface area contributed by atoms with Gasteiger partial charge in [0.15, 0.2) is 10.6 Å². The van der Waals surface area contributed by atoms with Crippen LogP contribution in [-0.2, 0) is 26.1 Å². The van der Waals surface area contributed by atoms with Crippen LogP contribution in [0.5, 0.6) is 0 Å². The van der Waals surface area contributed by atoms with E-state index in [1.54, 1.807) is 0 Å². The second-order valence-corrected chi connectivity index (χ2v) is 10.1. The molecular weight excluding hydrogens is 500 g/mol. The number of aromatic nitrogens is 1. The molecule has 1 heterocycles. The van der Waals surface area contributed by atoms with E-state index in [2.05, 4.69) is 22.9 Å². The first-order valence-electron chi connectivity index (χ1n) is 10.1. The van der Waals surface area contributed by atoms with E-state index in [9.17, 15) is 26.8 Å². The lowest BCUT2D eigenvalue weighted by molar-refractivity contribution is -0.141. The van der Waals surface area contributed by atoms with Crippen molar-refractivity contribution in [3.8, 4) is 0 Å². The summed E-state index contributed by atoms with van der Waals surface area (Å²) in [5.41, 5.74) is -0.0454. The van der Waals surface area contributed by atoms with Gasteiger partial charge in [0.05, 0.1) is 22.2 Å². The van der Waals surface area contributed by atoms with Gasteiger partial charge < -0.3 is 9.30 Å². The van der Waals surface area contributed by atoms with Gasteiger partial charge in [-0.3, -0.25) is 9.59 Å². The predicted molar refractivity (Wildman–Crippen MR) is 127 cm³/mol. The lowest BCUT2D eigenvalue weighted by Crippen LogP contribution is -2.31. The van der Waals surface area contributed by atoms with Gasteiger partial charge in [0.2, 0.25) is 10.0 Å². The highest BCUT2D eigenvalue weighted by Gasteiger charge is 2.23. The molecule has 2 aromatic carbocycles. The third-order valence-corrected chi connectivity index (χ3v) is 7.68. The van der Waals surface area contributed by atoms with Gasteiger partial charge in [-0.2, -0.15) is 9.30 Å². The smallest absolute Gasteiger partial charge is 0.325 e. The summed E-state index contributed by atoms with van der Waals surface area (Å²) in [7, 11) is -2.71. The van der Waals surface area contributed by atoms with E-state index < -0.39 is 40.1 Å². The van der Waals surface area contributed by atoms with Crippen LogP contribution in [0.1, 0.15) is 10.4 Å². The Kier molecular flexibility index (Phi) is 8.10. The third kappa shape index (κ3) is 5.61. The second kappa shape index (κ2) is 10.8. The maximum Gasteiger partial charge on any atom is 0.325 e. The second-order valence-electron chi connectivity index (χ2n) is 7.12. The normalized spacial score (nSPS) is 12.2. The van der Waals surface area contributed by atoms with Crippen molar-refractivity contribution in [3.05, 3.63) is 83.7 Å². The molecule has 35 heavy (non-hydrogen) atoms. The molecule has 0 bridgehead atoms. The molecule has 0 saturated heterocycles. The van der Waals surface area contributed by atoms with Crippen molar-refractivity contribution >= 4 is 43.5 Å². The van der Waals surface area contributed by atoms with E-state index in [0.29, 0.717) is 6.07 Å². The van der Waals surface area contributed by atoms with Gasteiger partial charge in [0.25, 0.3) is 5.91 Å². The molecular formula is C23H21F2N3O5S2. The molecule has 0 N–H and O–H groups in total. The van der Waals surface area contributed by atoms with Crippen molar-refractivity contribution in [2.75, 3.05) is 20.2 Å². The quantitative estimate of drug-likeness (QED) is 0.318. The van der Waals surface area contributed by atoms with Gasteiger partial charge in [0, 0.05) is 24.7 Å². The molecule has 0 unspecified atom stereocenters. The highest BCUT2D eigenvalue weighted by atomic mass is 32.2. The summed E-state index contributed by atoms with van der Waals surface area (Å²) in [4.78, 5) is 28.5. The van der Waals surface area contributed by atoms with Crippen LogP contribution in [0.4, 0.5) is 8.78 Å². The number of amides is 1. The van der Waals surface area contributed by atoms with Gasteiger partial charge in [-0.15, -0.1) is 13.2 Å². The van der Waals surface area contributed by atoms with E-state index in [1.807, 2.05) is 0 Å². The Balaban J connectivity index is 2.03. The van der Waals surface area contributed by atoms with Crippen molar-refractivity contribution in [3.63, 3.8) is 0 Å². The van der Waals surface area contributed by atoms with E-state index >= 15 is 0 Å². The highest BCUT2D eigenvalue weighted by molar-refractivity contribution is 7.89. The number of ether oxygens (including phenoxy) is 1. The molecule has 3 rings (SSSR count). The van der Waals surface area contributed by atoms with Crippen molar-refractivity contribution in [1.29, 1.82) is 0 Å². The predicted octanol–water partition coefficient (Wildman–Crippen LogP) is 3.26. The number of hydrogen-bond donors (Lipinski definition) is 0. The minimum absolute atomic E-state index is 0.0436. The molecule has 0 spiro atoms. The molecule has 1 amide bonds. The lowest BCUT2D eigenvalue weighted by atomic mass is 10.2. The SMILES string of the molecule is C=CCN(CC=C)S(=O)(=O)c1ccc(C(=O)N=c2sc3cc(F)cc(F)c3n2CC(=O)OC)cc1. The summed E-state index contributed by atoms with van der Waals surface area (Å²) in [6, 6.07) is 6.83. The number of hydrogen-bond acceptors (Lipinski definition) is 6. The highest BCUT2D eigenvalue weighted by Crippen LogP contribution is 2.23. The van der Waals surface area contributed by atoms with Crippen LogP contribution in [0, 0.1) is 11.6 Å². The maximum absolute atomic E-state index is 14.5. The van der Waals surface area contributed by atoms with Crippen LogP contribution in [0.3, 0.4) is 0 Å². The number of methoxy groups -OCH3 is 1. The monoisotopic (exact) mass is 521 g/mol. The maximum atomic E-state index is 14.5. The molecule has 3 aromatic rings. The van der Waals surface area contributed by atoms with Crippen LogP contribution < -0.4 is 4.80 Å². The van der Waals surface area contributed by atoms with E-state index in [4.69, 9.17) is 0 Å². The van der Waals surface area contributed by atoms with Gasteiger partial charge in [0.1, 0.15) is 12.4 Å². The van der Waals surface area contributed by atoms with Gasteiger partial charge in [-0.1, -0.05) is 23.5 Å². The first kappa shape index (κ1) is 26.1. The first-order valence-corrected chi connectivity index (χ1v) is 12.3. The molecule has 8 nitrogen and oxygen atoms in total. The van der Waals surface area contributed by atoms with E-state index in [0.717, 1.165) is 33.4 Å². The fourth-order valence-corrected chi connectivity index (χ4v) is 5.63. The molecule has 0 fully saturated rings. The van der Waals surface area contributed by atoms with Crippen LogP contribution >= 0.6 is 11.3 Å². The number of rotatable bonds is 9. The van der Waals surface area contributed by atoms with E-state index in [1.165, 1.54) is 36.4 Å². The number of esters is 1. The Morgan fingerprint density at radius 3 is 2.34 bits per heavy atom. The topological polar surface area (TPSA) is 98.0 Å². The summed E-state index contributed by atoms with van der Waals surface area (Å²) >= 11 is 0.816. The van der Waals surface area contributed by atoms with Crippen molar-refractivity contribution in [1.82, 2.24) is 8.87 Å². The largest absolute Gasteiger partial charge is 0.468 e. The number of nitrogens with zero attached hydrogens (tertiary/aromatic N) is 3. The first-order chi connectivity index (χ1) is 16.6. The average Bonchev–Trinajstić information content (AvgIpc) is 3.15. The Hall–Kier alpha value is -3.48. The molecule has 0 atom stereocenters. The Bertz CT molecular complexity index is 1470. The number of thiazole rings is 1. The minimum Gasteiger partial charge on any atom is -0.468 e. The van der Waals surface area contributed by atoms with Crippen LogP contribution in [0.25, 0.3) is 10.2 Å². The summed E-state index contributed by atoms with van der Waals surface area (Å²) in [5.74, 6) is -3.24. The molecule has 1 aromatic heterocycles. The number of fused-ring (bicyclic) bond motifs is 1. The Labute approximate surface area is 204 Å². The van der Waals surface area contributed by atoms with Crippen LogP contribution in [0.15, 0.2) is 71.6 Å². The van der Waals surface area contributed by atoms with E-state index in [-0.39, 0.29) is 38.6 Å². The minimum atomic E-state index is -3.86. The lowest BCUT2D eigenvalue weighted by Gasteiger charge is -2.19. The van der Waals surface area contributed by atoms with Crippen molar-refractivity contribution < 1.29 is 31.5 Å². The summed E-state index contributed by atoms with van der Waals surface area (Å²) in [6.45, 7) is 6.80. The zero-order valence-electron chi connectivity index (χ0n) is 18.6. The number of halogens is 2. The van der Waals surface area contributed by atoms with Crippen LogP contribution in [-0.4, -0.2) is 49.4 Å². The number of benzene rings is 2. The summed E-state index contributed by atoms with van der Waals surface area (Å²) < 4.78 is 60.9. The molecule has 12 heteroatoms. The van der Waals surface area contributed by atoms with Crippen molar-refractivity contribution in [2.45, 2.75) is 11.4 Å². The van der Waals surface area contributed by atoms with Crippen LogP contribution in [0.2, 0.25) is 0 Å². The van der Waals surface area contributed by atoms with Gasteiger partial charge >= 0.3 is 5.97 Å². The van der Waals surface area contributed by atoms with Crippen molar-refractivity contribution in [2.24, 2.45) is 4.99 Å². The van der Waals surface area contributed by atoms with Gasteiger partial charge in [-0.25, -0.2) is 17.2 Å². The fraction of sp³-hybridized carbons (Fsp3) is 0.174. The summed E-state index contributed by atoms with van der Waals surface area (Å²) in [5, 5.41) is 0. The molecule has 0 aliphatic heterocycles. The molecule has 184 valence electrons. The molecule has 0 saturated carbocycles. The molecule has 0 aliphatic carbocycles. The Morgan fingerprint density at radius 2 is 1.77 bits per heavy atom. The number of sulfonamides is 1.